The zero-order valence-corrected chi connectivity index (χ0v) is 18.5. The lowest BCUT2D eigenvalue weighted by Crippen LogP contribution is -2.47. The van der Waals surface area contributed by atoms with Gasteiger partial charge in [0.05, 0.1) is 6.54 Å². The quantitative estimate of drug-likeness (QED) is 0.610. The molecule has 2 aliphatic heterocycles. The van der Waals surface area contributed by atoms with Crippen molar-refractivity contribution in [1.29, 1.82) is 0 Å². The van der Waals surface area contributed by atoms with Gasteiger partial charge >= 0.3 is 0 Å². The molecule has 0 aliphatic carbocycles. The molecule has 0 spiro atoms. The smallest absolute Gasteiger partial charge is 0.202 e. The maximum Gasteiger partial charge on any atom is 0.202 e. The lowest BCUT2D eigenvalue weighted by molar-refractivity contribution is 0.243. The third-order valence-corrected chi connectivity index (χ3v) is 5.52. The molecule has 2 aliphatic rings. The third kappa shape index (κ3) is 5.03. The highest BCUT2D eigenvalue weighted by Gasteiger charge is 2.29. The van der Waals surface area contributed by atoms with Crippen LogP contribution >= 0.6 is 24.0 Å². The Balaban J connectivity index is 0.00000210. The number of hydrogen-bond acceptors (Lipinski definition) is 4. The van der Waals surface area contributed by atoms with Crippen LogP contribution < -0.4 is 4.90 Å². The van der Waals surface area contributed by atoms with Gasteiger partial charge < -0.3 is 4.90 Å². The van der Waals surface area contributed by atoms with Gasteiger partial charge in [0.1, 0.15) is 0 Å². The van der Waals surface area contributed by atoms with Gasteiger partial charge in [-0.2, -0.15) is 5.10 Å². The number of piperidine rings is 1. The van der Waals surface area contributed by atoms with E-state index >= 15 is 0 Å². The highest BCUT2D eigenvalue weighted by atomic mass is 127. The fourth-order valence-electron chi connectivity index (χ4n) is 4.19. The van der Waals surface area contributed by atoms with Crippen molar-refractivity contribution in [3.63, 3.8) is 0 Å². The van der Waals surface area contributed by atoms with E-state index in [0.29, 0.717) is 0 Å². The number of nitrogens with zero attached hydrogens (tertiary/aromatic N) is 5. The first-order valence-electron chi connectivity index (χ1n) is 9.90. The van der Waals surface area contributed by atoms with Gasteiger partial charge in [0.15, 0.2) is 5.82 Å². The molecule has 0 N–H and O–H groups in total. The maximum absolute atomic E-state index is 4.81. The van der Waals surface area contributed by atoms with Crippen LogP contribution in [0.3, 0.4) is 0 Å². The summed E-state index contributed by atoms with van der Waals surface area (Å²) in [6.45, 7) is 4.08. The number of anilines is 1. The molecule has 0 saturated carbocycles. The van der Waals surface area contributed by atoms with E-state index in [0.717, 1.165) is 43.9 Å². The fraction of sp³-hybridized carbons (Fsp3) is 0.524. The molecule has 4 rings (SSSR count). The number of hydrogen-bond donors (Lipinski definition) is 0. The van der Waals surface area contributed by atoms with Crippen molar-refractivity contribution >= 4 is 35.8 Å². The lowest BCUT2D eigenvalue weighted by atomic mass is 9.92. The first-order chi connectivity index (χ1) is 12.8. The van der Waals surface area contributed by atoms with Crippen LogP contribution in [0.5, 0.6) is 0 Å². The van der Waals surface area contributed by atoms with E-state index in [1.165, 1.54) is 37.7 Å². The number of guanidine groups is 1. The number of likely N-dealkylation sites (tertiary alicyclic amines) is 1. The molecule has 1 unspecified atom stereocenters. The Morgan fingerprint density at radius 3 is 2.74 bits per heavy atom. The van der Waals surface area contributed by atoms with E-state index < -0.39 is 0 Å². The standard InChI is InChI=1S/C21H29N5.HI/c1-24-15-12-20(23-24)26-16-13-22-21(26)25-14-6-11-19(17-25)10-5-9-18-7-3-2-4-8-18;/h2-4,7-8,12,15,19H,5-6,9-11,13-14,16-17H2,1H3;1H. The minimum atomic E-state index is 0. The van der Waals surface area contributed by atoms with Crippen LogP contribution in [-0.4, -0.2) is 46.8 Å². The lowest BCUT2D eigenvalue weighted by Gasteiger charge is -2.36. The Hall–Kier alpha value is -1.57. The molecular weight excluding hydrogens is 449 g/mol. The largest absolute Gasteiger partial charge is 0.342 e. The number of aromatic nitrogens is 2. The summed E-state index contributed by atoms with van der Waals surface area (Å²) in [4.78, 5) is 9.59. The van der Waals surface area contributed by atoms with Gasteiger partial charge in [-0.3, -0.25) is 14.6 Å². The van der Waals surface area contributed by atoms with Crippen LogP contribution in [0.4, 0.5) is 5.82 Å². The van der Waals surface area contributed by atoms with Crippen molar-refractivity contribution in [2.45, 2.75) is 32.1 Å². The summed E-state index contributed by atoms with van der Waals surface area (Å²) < 4.78 is 1.87. The van der Waals surface area contributed by atoms with Crippen LogP contribution in [0, 0.1) is 5.92 Å². The molecule has 1 atom stereocenters. The topological polar surface area (TPSA) is 36.7 Å². The fourth-order valence-corrected chi connectivity index (χ4v) is 4.19. The number of rotatable bonds is 5. The van der Waals surface area contributed by atoms with E-state index in [1.54, 1.807) is 0 Å². The average molecular weight is 479 g/mol. The summed E-state index contributed by atoms with van der Waals surface area (Å²) in [7, 11) is 1.97. The molecule has 5 nitrogen and oxygen atoms in total. The molecule has 1 fully saturated rings. The zero-order valence-electron chi connectivity index (χ0n) is 16.1. The van der Waals surface area contributed by atoms with Crippen molar-refractivity contribution in [2.24, 2.45) is 18.0 Å². The average Bonchev–Trinajstić information content (AvgIpc) is 3.32. The van der Waals surface area contributed by atoms with E-state index in [4.69, 9.17) is 4.99 Å². The van der Waals surface area contributed by atoms with E-state index in [1.807, 2.05) is 17.9 Å². The van der Waals surface area contributed by atoms with Crippen LogP contribution in [-0.2, 0) is 13.5 Å². The highest BCUT2D eigenvalue weighted by molar-refractivity contribution is 14.0. The molecule has 3 heterocycles. The molecule has 146 valence electrons. The third-order valence-electron chi connectivity index (χ3n) is 5.52. The SMILES string of the molecule is Cn1ccc(N2CCN=C2N2CCCC(CCCc3ccccc3)C2)n1.I. The van der Waals surface area contributed by atoms with Crippen LogP contribution in [0.15, 0.2) is 47.6 Å². The molecule has 6 heteroatoms. The number of benzene rings is 1. The Morgan fingerprint density at radius 2 is 1.96 bits per heavy atom. The number of halogens is 1. The molecule has 0 radical (unpaired) electrons. The van der Waals surface area contributed by atoms with Gasteiger partial charge in [-0.1, -0.05) is 30.3 Å². The molecule has 1 aromatic heterocycles. The van der Waals surface area contributed by atoms with E-state index in [9.17, 15) is 0 Å². The van der Waals surface area contributed by atoms with Crippen molar-refractivity contribution < 1.29 is 0 Å². The Labute approximate surface area is 179 Å². The molecule has 1 saturated heterocycles. The van der Waals surface area contributed by atoms with Crippen molar-refractivity contribution in [2.75, 3.05) is 31.1 Å². The van der Waals surface area contributed by atoms with Gasteiger partial charge in [-0.25, -0.2) is 0 Å². The van der Waals surface area contributed by atoms with Gasteiger partial charge in [0, 0.05) is 38.9 Å². The van der Waals surface area contributed by atoms with Crippen LogP contribution in [0.25, 0.3) is 0 Å². The summed E-state index contributed by atoms with van der Waals surface area (Å²) in [5.74, 6) is 2.94. The second-order valence-corrected chi connectivity index (χ2v) is 7.51. The van der Waals surface area contributed by atoms with Gasteiger partial charge in [0.25, 0.3) is 0 Å². The minimum absolute atomic E-state index is 0. The van der Waals surface area contributed by atoms with Gasteiger partial charge in [0.2, 0.25) is 5.96 Å². The first kappa shape index (κ1) is 20.2. The Bertz CT molecular complexity index is 742. The predicted molar refractivity (Wildman–Crippen MR) is 122 cm³/mol. The zero-order chi connectivity index (χ0) is 17.8. The summed E-state index contributed by atoms with van der Waals surface area (Å²) >= 11 is 0. The summed E-state index contributed by atoms with van der Waals surface area (Å²) in [5, 5.41) is 4.58. The Morgan fingerprint density at radius 1 is 1.11 bits per heavy atom. The second-order valence-electron chi connectivity index (χ2n) is 7.51. The van der Waals surface area contributed by atoms with Crippen molar-refractivity contribution in [3.05, 3.63) is 48.2 Å². The second kappa shape index (κ2) is 9.57. The maximum atomic E-state index is 4.81. The number of aliphatic imine (C=N–C) groups is 1. The molecule has 27 heavy (non-hydrogen) atoms. The van der Waals surface area contributed by atoms with Crippen molar-refractivity contribution in [1.82, 2.24) is 14.7 Å². The highest BCUT2D eigenvalue weighted by Crippen LogP contribution is 2.25. The predicted octanol–water partition coefficient (Wildman–Crippen LogP) is 3.95. The van der Waals surface area contributed by atoms with Crippen LogP contribution in [0.2, 0.25) is 0 Å². The Kier molecular flexibility index (Phi) is 7.15. The van der Waals surface area contributed by atoms with E-state index in [2.05, 4.69) is 51.3 Å². The monoisotopic (exact) mass is 479 g/mol. The molecule has 0 bridgehead atoms. The summed E-state index contributed by atoms with van der Waals surface area (Å²) in [6, 6.07) is 12.9. The van der Waals surface area contributed by atoms with Crippen molar-refractivity contribution in [3.8, 4) is 0 Å². The normalized spacial score (nSPS) is 19.7. The van der Waals surface area contributed by atoms with Gasteiger partial charge in [-0.15, -0.1) is 24.0 Å². The number of aryl methyl sites for hydroxylation is 2. The molecule has 2 aromatic rings. The van der Waals surface area contributed by atoms with Crippen LogP contribution in [0.1, 0.15) is 31.2 Å². The molecular formula is C21H30IN5. The summed E-state index contributed by atoms with van der Waals surface area (Å²) in [5.41, 5.74) is 1.46. The van der Waals surface area contributed by atoms with Gasteiger partial charge in [-0.05, 0) is 43.6 Å². The summed E-state index contributed by atoms with van der Waals surface area (Å²) in [6.07, 6.45) is 8.40. The minimum Gasteiger partial charge on any atom is -0.342 e. The van der Waals surface area contributed by atoms with E-state index in [-0.39, 0.29) is 24.0 Å². The molecule has 0 amide bonds. The first-order valence-corrected chi connectivity index (χ1v) is 9.90. The molecule has 1 aromatic carbocycles.